The lowest BCUT2D eigenvalue weighted by atomic mass is 10.2. The van der Waals surface area contributed by atoms with E-state index in [4.69, 9.17) is 16.3 Å². The Balaban J connectivity index is 1.84. The molecule has 0 aliphatic carbocycles. The number of rotatable bonds is 10. The van der Waals surface area contributed by atoms with Gasteiger partial charge in [0.05, 0.1) is 6.54 Å². The van der Waals surface area contributed by atoms with Gasteiger partial charge in [-0.05, 0) is 30.7 Å². The van der Waals surface area contributed by atoms with Crippen LogP contribution < -0.4 is 21.3 Å². The van der Waals surface area contributed by atoms with Gasteiger partial charge in [0.25, 0.3) is 5.56 Å². The number of nitrogens with one attached hydrogen (secondary N) is 2. The Morgan fingerprint density at radius 2 is 2.00 bits per heavy atom. The molecule has 162 valence electrons. The third-order valence-electron chi connectivity index (χ3n) is 4.72. The molecule has 3 N–H and O–H groups in total. The number of ether oxygens (including phenoxy) is 1. The van der Waals surface area contributed by atoms with E-state index >= 15 is 0 Å². The average Bonchev–Trinajstić information content (AvgIpc) is 3.08. The maximum atomic E-state index is 12.5. The van der Waals surface area contributed by atoms with Crippen molar-refractivity contribution in [3.63, 3.8) is 0 Å². The van der Waals surface area contributed by atoms with E-state index in [1.54, 1.807) is 35.9 Å². The standard InChI is InChI=1S/C20H26ClN5O4/c1-3-4-5-10-22-19-23-17-16(18(28)24-20(29)25(17)2)26(19)11-14(27)12-30-15-8-6-13(21)7-9-15/h6-9,14,27H,3-5,10-12H2,1-2H3,(H,22,23)(H,24,28,29)/t14-/m0/s1. The fourth-order valence-electron chi connectivity index (χ4n) is 3.11. The minimum atomic E-state index is -0.911. The monoisotopic (exact) mass is 435 g/mol. The number of fused-ring (bicyclic) bond motifs is 1. The van der Waals surface area contributed by atoms with Crippen molar-refractivity contribution >= 4 is 28.7 Å². The molecule has 2 heterocycles. The molecule has 0 radical (unpaired) electrons. The molecular weight excluding hydrogens is 410 g/mol. The molecule has 1 atom stereocenters. The number of anilines is 1. The summed E-state index contributed by atoms with van der Waals surface area (Å²) in [5.41, 5.74) is -0.609. The third-order valence-corrected chi connectivity index (χ3v) is 4.97. The quantitative estimate of drug-likeness (QED) is 0.420. The highest BCUT2D eigenvalue weighted by Crippen LogP contribution is 2.18. The molecule has 10 heteroatoms. The first-order valence-corrected chi connectivity index (χ1v) is 10.3. The number of halogens is 1. The maximum Gasteiger partial charge on any atom is 0.329 e. The van der Waals surface area contributed by atoms with Crippen LogP contribution in [-0.4, -0.2) is 43.5 Å². The van der Waals surface area contributed by atoms with E-state index in [0.29, 0.717) is 23.3 Å². The zero-order valence-electron chi connectivity index (χ0n) is 17.0. The van der Waals surface area contributed by atoms with Crippen molar-refractivity contribution in [3.8, 4) is 5.75 Å². The van der Waals surface area contributed by atoms with E-state index in [1.807, 2.05) is 0 Å². The smallest absolute Gasteiger partial charge is 0.329 e. The number of nitrogens with zero attached hydrogens (tertiary/aromatic N) is 3. The summed E-state index contributed by atoms with van der Waals surface area (Å²) in [6.45, 7) is 2.86. The summed E-state index contributed by atoms with van der Waals surface area (Å²) < 4.78 is 8.48. The molecule has 0 saturated heterocycles. The molecule has 0 unspecified atom stereocenters. The Kier molecular flexibility index (Phi) is 7.17. The van der Waals surface area contributed by atoms with Crippen LogP contribution in [0.2, 0.25) is 5.02 Å². The van der Waals surface area contributed by atoms with E-state index in [-0.39, 0.29) is 24.3 Å². The predicted octanol–water partition coefficient (Wildman–Crippen LogP) is 2.12. The summed E-state index contributed by atoms with van der Waals surface area (Å²) in [5.74, 6) is 1.01. The lowest BCUT2D eigenvalue weighted by Crippen LogP contribution is -2.31. The predicted molar refractivity (Wildman–Crippen MR) is 117 cm³/mol. The second kappa shape index (κ2) is 9.82. The zero-order chi connectivity index (χ0) is 21.7. The van der Waals surface area contributed by atoms with Crippen LogP contribution in [-0.2, 0) is 13.6 Å². The number of aliphatic hydroxyl groups is 1. The molecule has 0 saturated carbocycles. The van der Waals surface area contributed by atoms with Crippen molar-refractivity contribution in [1.82, 2.24) is 19.1 Å². The number of aromatic nitrogens is 4. The molecule has 0 aliphatic rings. The van der Waals surface area contributed by atoms with Crippen molar-refractivity contribution in [3.05, 3.63) is 50.1 Å². The average molecular weight is 436 g/mol. The Hall–Kier alpha value is -2.78. The normalized spacial score (nSPS) is 12.3. The second-order valence-electron chi connectivity index (χ2n) is 7.09. The van der Waals surface area contributed by atoms with Gasteiger partial charge < -0.3 is 19.7 Å². The van der Waals surface area contributed by atoms with Gasteiger partial charge in [0.1, 0.15) is 18.5 Å². The van der Waals surface area contributed by atoms with E-state index < -0.39 is 17.4 Å². The first-order valence-electron chi connectivity index (χ1n) is 9.90. The lowest BCUT2D eigenvalue weighted by Gasteiger charge is -2.16. The molecule has 0 aliphatic heterocycles. The highest BCUT2D eigenvalue weighted by Gasteiger charge is 2.19. The molecule has 0 spiro atoms. The molecule has 2 aromatic heterocycles. The summed E-state index contributed by atoms with van der Waals surface area (Å²) in [6, 6.07) is 6.82. The van der Waals surface area contributed by atoms with Gasteiger partial charge >= 0.3 is 5.69 Å². The minimum absolute atomic E-state index is 0.0141. The zero-order valence-corrected chi connectivity index (χ0v) is 17.8. The van der Waals surface area contributed by atoms with Gasteiger partial charge in [-0.2, -0.15) is 4.98 Å². The largest absolute Gasteiger partial charge is 0.491 e. The van der Waals surface area contributed by atoms with Crippen molar-refractivity contribution in [2.24, 2.45) is 7.05 Å². The lowest BCUT2D eigenvalue weighted by molar-refractivity contribution is 0.0938. The number of aliphatic hydroxyl groups excluding tert-OH is 1. The molecule has 0 bridgehead atoms. The Morgan fingerprint density at radius 3 is 2.70 bits per heavy atom. The summed E-state index contributed by atoms with van der Waals surface area (Å²) in [6.07, 6.45) is 2.17. The number of aromatic amines is 1. The summed E-state index contributed by atoms with van der Waals surface area (Å²) in [5, 5.41) is 14.3. The Labute approximate surface area is 178 Å². The van der Waals surface area contributed by atoms with Gasteiger partial charge in [-0.25, -0.2) is 4.79 Å². The molecule has 30 heavy (non-hydrogen) atoms. The van der Waals surface area contributed by atoms with E-state index in [9.17, 15) is 14.7 Å². The minimum Gasteiger partial charge on any atom is -0.491 e. The first kappa shape index (κ1) is 21.9. The van der Waals surface area contributed by atoms with Crippen LogP contribution in [0.4, 0.5) is 5.95 Å². The fraction of sp³-hybridized carbons (Fsp3) is 0.450. The van der Waals surface area contributed by atoms with Crippen LogP contribution in [0.5, 0.6) is 5.75 Å². The molecule has 0 amide bonds. The van der Waals surface area contributed by atoms with Crippen LogP contribution >= 0.6 is 11.6 Å². The number of aryl methyl sites for hydroxylation is 1. The van der Waals surface area contributed by atoms with Gasteiger partial charge in [0.15, 0.2) is 11.2 Å². The first-order chi connectivity index (χ1) is 14.4. The van der Waals surface area contributed by atoms with Crippen molar-refractivity contribution in [2.75, 3.05) is 18.5 Å². The number of H-pyrrole nitrogens is 1. The molecule has 0 fully saturated rings. The number of imidazole rings is 1. The molecular formula is C20H26ClN5O4. The van der Waals surface area contributed by atoms with Gasteiger partial charge in [0.2, 0.25) is 5.95 Å². The highest BCUT2D eigenvalue weighted by molar-refractivity contribution is 6.30. The molecule has 1 aromatic carbocycles. The SMILES string of the molecule is CCCCCNc1nc2c(c(=O)[nH]c(=O)n2C)n1C[C@H](O)COc1ccc(Cl)cc1. The number of unbranched alkanes of at least 4 members (excludes halogenated alkanes) is 2. The van der Waals surface area contributed by atoms with Crippen LogP contribution in [0.15, 0.2) is 33.9 Å². The van der Waals surface area contributed by atoms with E-state index in [0.717, 1.165) is 19.3 Å². The van der Waals surface area contributed by atoms with Crippen molar-refractivity contribution in [2.45, 2.75) is 38.8 Å². The van der Waals surface area contributed by atoms with Crippen LogP contribution in [0.25, 0.3) is 11.2 Å². The fourth-order valence-corrected chi connectivity index (χ4v) is 3.24. The number of hydrogen-bond donors (Lipinski definition) is 3. The van der Waals surface area contributed by atoms with Crippen LogP contribution in [0, 0.1) is 0 Å². The Morgan fingerprint density at radius 1 is 1.27 bits per heavy atom. The van der Waals surface area contributed by atoms with Gasteiger partial charge in [-0.15, -0.1) is 0 Å². The van der Waals surface area contributed by atoms with Gasteiger partial charge in [0, 0.05) is 18.6 Å². The summed E-state index contributed by atoms with van der Waals surface area (Å²) in [7, 11) is 1.54. The van der Waals surface area contributed by atoms with E-state index in [2.05, 4.69) is 22.2 Å². The Bertz CT molecular complexity index is 1100. The van der Waals surface area contributed by atoms with Crippen molar-refractivity contribution in [1.29, 1.82) is 0 Å². The van der Waals surface area contributed by atoms with Crippen LogP contribution in [0.3, 0.4) is 0 Å². The molecule has 3 rings (SSSR count). The number of hydrogen-bond acceptors (Lipinski definition) is 6. The molecule has 9 nitrogen and oxygen atoms in total. The van der Waals surface area contributed by atoms with E-state index in [1.165, 1.54) is 4.57 Å². The topological polar surface area (TPSA) is 114 Å². The van der Waals surface area contributed by atoms with Crippen molar-refractivity contribution < 1.29 is 9.84 Å². The third kappa shape index (κ3) is 5.03. The summed E-state index contributed by atoms with van der Waals surface area (Å²) in [4.78, 5) is 31.1. The summed E-state index contributed by atoms with van der Waals surface area (Å²) >= 11 is 5.86. The maximum absolute atomic E-state index is 12.5. The van der Waals surface area contributed by atoms with Gasteiger partial charge in [-0.1, -0.05) is 31.4 Å². The second-order valence-corrected chi connectivity index (χ2v) is 7.53. The molecule has 3 aromatic rings. The number of benzene rings is 1. The van der Waals surface area contributed by atoms with Gasteiger partial charge in [-0.3, -0.25) is 14.3 Å². The highest BCUT2D eigenvalue weighted by atomic mass is 35.5. The van der Waals surface area contributed by atoms with Crippen LogP contribution in [0.1, 0.15) is 26.2 Å².